The minimum absolute atomic E-state index is 0.0191. The van der Waals surface area contributed by atoms with Crippen LogP contribution in [-0.4, -0.2) is 35.4 Å². The number of pyridine rings is 1. The zero-order valence-electron chi connectivity index (χ0n) is 17.8. The molecule has 0 atom stereocenters. The second kappa shape index (κ2) is 7.59. The van der Waals surface area contributed by atoms with Crippen LogP contribution >= 0.6 is 0 Å². The van der Waals surface area contributed by atoms with E-state index in [2.05, 4.69) is 20.6 Å². The Bertz CT molecular complexity index is 1350. The molecule has 4 rings (SSSR count). The van der Waals surface area contributed by atoms with Gasteiger partial charge in [-0.15, -0.1) is 10.2 Å². The molecule has 0 aliphatic rings. The van der Waals surface area contributed by atoms with Gasteiger partial charge in [-0.1, -0.05) is 19.9 Å². The van der Waals surface area contributed by atoms with E-state index in [1.54, 1.807) is 54.8 Å². The van der Waals surface area contributed by atoms with Crippen LogP contribution in [0.1, 0.15) is 44.9 Å². The number of aromatic nitrogens is 5. The highest BCUT2D eigenvalue weighted by Crippen LogP contribution is 2.27. The third kappa shape index (κ3) is 4.04. The number of nitrogens with zero attached hydrogens (tertiary/aromatic N) is 5. The number of hydrogen-bond acceptors (Lipinski definition) is 6. The van der Waals surface area contributed by atoms with Crippen LogP contribution in [0.3, 0.4) is 0 Å². The van der Waals surface area contributed by atoms with E-state index in [1.165, 1.54) is 11.0 Å². The number of benzene rings is 1. The summed E-state index contributed by atoms with van der Waals surface area (Å²) in [5.41, 5.74) is 1.22. The molecule has 3 aromatic heterocycles. The predicted molar refractivity (Wildman–Crippen MR) is 117 cm³/mol. The van der Waals surface area contributed by atoms with E-state index in [-0.39, 0.29) is 23.9 Å². The molecule has 1 aromatic carbocycles. The number of amides is 1. The average Bonchev–Trinajstić information content (AvgIpc) is 3.16. The highest BCUT2D eigenvalue weighted by Gasteiger charge is 2.20. The Balaban J connectivity index is 1.68. The van der Waals surface area contributed by atoms with Gasteiger partial charge in [0.15, 0.2) is 5.65 Å². The Morgan fingerprint density at radius 3 is 2.68 bits per heavy atom. The van der Waals surface area contributed by atoms with E-state index in [0.717, 1.165) is 0 Å². The van der Waals surface area contributed by atoms with E-state index in [4.69, 9.17) is 0 Å². The van der Waals surface area contributed by atoms with Crippen molar-refractivity contribution < 1.29 is 9.90 Å². The molecule has 0 unspecified atom stereocenters. The van der Waals surface area contributed by atoms with E-state index in [0.29, 0.717) is 33.4 Å². The number of aliphatic hydroxyl groups is 1. The Kier molecular flexibility index (Phi) is 5.06. The summed E-state index contributed by atoms with van der Waals surface area (Å²) in [4.78, 5) is 25.7. The Hall–Kier alpha value is -3.59. The van der Waals surface area contributed by atoms with Crippen LogP contribution in [0.2, 0.25) is 0 Å². The number of rotatable bonds is 5. The third-order valence-electron chi connectivity index (χ3n) is 5.11. The van der Waals surface area contributed by atoms with Gasteiger partial charge >= 0.3 is 0 Å². The van der Waals surface area contributed by atoms with Gasteiger partial charge in [0.25, 0.3) is 5.56 Å². The molecule has 160 valence electrons. The van der Waals surface area contributed by atoms with Crippen LogP contribution in [0.4, 0.5) is 5.69 Å². The molecule has 9 nitrogen and oxygen atoms in total. The van der Waals surface area contributed by atoms with Gasteiger partial charge in [-0.25, -0.2) is 4.68 Å². The van der Waals surface area contributed by atoms with Crippen molar-refractivity contribution in [2.75, 3.05) is 5.32 Å². The fourth-order valence-electron chi connectivity index (χ4n) is 3.46. The minimum atomic E-state index is -1.04. The third-order valence-corrected chi connectivity index (χ3v) is 5.11. The molecule has 0 aliphatic heterocycles. The van der Waals surface area contributed by atoms with Crippen LogP contribution in [0.15, 0.2) is 47.7 Å². The lowest BCUT2D eigenvalue weighted by molar-refractivity contribution is -0.117. The quantitative estimate of drug-likeness (QED) is 0.512. The van der Waals surface area contributed by atoms with E-state index >= 15 is 0 Å². The van der Waals surface area contributed by atoms with Gasteiger partial charge in [0.05, 0.1) is 22.4 Å². The minimum Gasteiger partial charge on any atom is -0.386 e. The monoisotopic (exact) mass is 420 g/mol. The zero-order chi connectivity index (χ0) is 22.3. The molecule has 4 aromatic rings. The summed E-state index contributed by atoms with van der Waals surface area (Å²) in [6, 6.07) is 8.67. The molecule has 9 heteroatoms. The van der Waals surface area contributed by atoms with Crippen LogP contribution in [0.5, 0.6) is 0 Å². The highest BCUT2D eigenvalue weighted by molar-refractivity contribution is 5.91. The first kappa shape index (κ1) is 20.7. The summed E-state index contributed by atoms with van der Waals surface area (Å²) < 4.78 is 2.88. The maximum atomic E-state index is 13.0. The summed E-state index contributed by atoms with van der Waals surface area (Å²) in [7, 11) is 0. The molecule has 0 radical (unpaired) electrons. The van der Waals surface area contributed by atoms with Gasteiger partial charge in [-0.05, 0) is 49.6 Å². The Morgan fingerprint density at radius 2 is 1.97 bits per heavy atom. The van der Waals surface area contributed by atoms with Gasteiger partial charge < -0.3 is 10.4 Å². The lowest BCUT2D eigenvalue weighted by Crippen LogP contribution is -2.31. The molecule has 2 N–H and O–H groups in total. The largest absolute Gasteiger partial charge is 0.386 e. The van der Waals surface area contributed by atoms with Gasteiger partial charge in [0.2, 0.25) is 5.91 Å². The van der Waals surface area contributed by atoms with Crippen molar-refractivity contribution in [3.8, 4) is 0 Å². The molecule has 3 heterocycles. The fraction of sp³-hybridized carbons (Fsp3) is 0.318. The van der Waals surface area contributed by atoms with Crippen LogP contribution < -0.4 is 10.9 Å². The van der Waals surface area contributed by atoms with Gasteiger partial charge in [-0.3, -0.25) is 14.0 Å². The lowest BCUT2D eigenvalue weighted by atomic mass is 9.94. The number of carbonyl (C=O) groups excluding carboxylic acids is 1. The first-order chi connectivity index (χ1) is 14.6. The van der Waals surface area contributed by atoms with Crippen LogP contribution in [-0.2, 0) is 16.9 Å². The maximum absolute atomic E-state index is 13.0. The smallest absolute Gasteiger partial charge is 0.275 e. The summed E-state index contributed by atoms with van der Waals surface area (Å²) >= 11 is 0. The lowest BCUT2D eigenvalue weighted by Gasteiger charge is -2.20. The van der Waals surface area contributed by atoms with E-state index < -0.39 is 5.60 Å². The number of nitrogens with one attached hydrogen (secondary N) is 1. The van der Waals surface area contributed by atoms with Gasteiger partial charge in [0, 0.05) is 11.6 Å². The molecular formula is C22H24N6O3. The topological polar surface area (TPSA) is 114 Å². The average molecular weight is 420 g/mol. The molecule has 0 spiro atoms. The second-order valence-corrected chi connectivity index (χ2v) is 8.38. The van der Waals surface area contributed by atoms with Crippen molar-refractivity contribution >= 4 is 28.0 Å². The van der Waals surface area contributed by atoms with E-state index in [1.807, 2.05) is 13.8 Å². The van der Waals surface area contributed by atoms with Crippen molar-refractivity contribution in [1.82, 2.24) is 24.4 Å². The number of carbonyl (C=O) groups is 1. The first-order valence-electron chi connectivity index (χ1n) is 10.0. The summed E-state index contributed by atoms with van der Waals surface area (Å²) in [5, 5.41) is 26.5. The van der Waals surface area contributed by atoms with Crippen molar-refractivity contribution in [3.05, 3.63) is 64.5 Å². The second-order valence-electron chi connectivity index (χ2n) is 8.38. The standard InChI is InChI=1S/C22H24N6O3/c1-13(2)20-17-9-14(22(3,4)31)5-7-16(17)21(30)28(26-20)11-19(29)24-15-6-8-18-25-23-12-27(18)10-15/h5-10,12-13,31H,11H2,1-4H3,(H,24,29). The summed E-state index contributed by atoms with van der Waals surface area (Å²) in [6.07, 6.45) is 3.23. The normalized spacial score (nSPS) is 12.1. The van der Waals surface area contributed by atoms with Crippen LogP contribution in [0, 0.1) is 0 Å². The van der Waals surface area contributed by atoms with Gasteiger partial charge in [0.1, 0.15) is 12.9 Å². The van der Waals surface area contributed by atoms with Crippen molar-refractivity contribution in [2.45, 2.75) is 45.8 Å². The van der Waals surface area contributed by atoms with Crippen molar-refractivity contribution in [3.63, 3.8) is 0 Å². The summed E-state index contributed by atoms with van der Waals surface area (Å²) in [6.45, 7) is 7.12. The molecular weight excluding hydrogens is 396 g/mol. The number of fused-ring (bicyclic) bond motifs is 2. The maximum Gasteiger partial charge on any atom is 0.275 e. The molecule has 1 amide bonds. The van der Waals surface area contributed by atoms with Crippen molar-refractivity contribution in [2.24, 2.45) is 0 Å². The molecule has 31 heavy (non-hydrogen) atoms. The Labute approximate surface area is 178 Å². The van der Waals surface area contributed by atoms with Crippen LogP contribution in [0.25, 0.3) is 16.4 Å². The van der Waals surface area contributed by atoms with Crippen molar-refractivity contribution in [1.29, 1.82) is 0 Å². The molecule has 0 fully saturated rings. The molecule has 0 bridgehead atoms. The molecule has 0 saturated carbocycles. The first-order valence-corrected chi connectivity index (χ1v) is 10.0. The van der Waals surface area contributed by atoms with E-state index in [9.17, 15) is 14.7 Å². The number of anilines is 1. The molecule has 0 saturated heterocycles. The molecule has 0 aliphatic carbocycles. The predicted octanol–water partition coefficient (Wildman–Crippen LogP) is 2.43. The Morgan fingerprint density at radius 1 is 1.19 bits per heavy atom. The fourth-order valence-corrected chi connectivity index (χ4v) is 3.46. The SMILES string of the molecule is CC(C)c1nn(CC(=O)Nc2ccc3nncn3c2)c(=O)c2ccc(C(C)(C)O)cc12. The zero-order valence-corrected chi connectivity index (χ0v) is 17.8. The summed E-state index contributed by atoms with van der Waals surface area (Å²) in [5.74, 6) is -0.352. The van der Waals surface area contributed by atoms with Gasteiger partial charge in [-0.2, -0.15) is 5.10 Å². The highest BCUT2D eigenvalue weighted by atomic mass is 16.3. The number of hydrogen-bond donors (Lipinski definition) is 2.